The maximum absolute atomic E-state index is 14.3. The van der Waals surface area contributed by atoms with Gasteiger partial charge < -0.3 is 0 Å². The van der Waals surface area contributed by atoms with Crippen LogP contribution in [-0.4, -0.2) is 14.8 Å². The Morgan fingerprint density at radius 2 is 1.38 bits per heavy atom. The minimum Gasteiger partial charge on any atom is -0.228 e. The number of hydrogen-bond donors (Lipinski definition) is 0. The minimum absolute atomic E-state index is 0.0368. The molecule has 0 spiro atoms. The summed E-state index contributed by atoms with van der Waals surface area (Å²) in [5.41, 5.74) is 1.50. The molecule has 3 nitrogen and oxygen atoms in total. The molecule has 0 N–H and O–H groups in total. The van der Waals surface area contributed by atoms with E-state index in [1.807, 2.05) is 6.07 Å². The SMILES string of the molecule is FC(F)(F)c1cc(-c2ccc(Cl)cc2)nc2c1c(-c1ccccc1)nn2-c1ccccc1. The molecule has 5 aromatic rings. The van der Waals surface area contributed by atoms with Gasteiger partial charge in [0.25, 0.3) is 0 Å². The summed E-state index contributed by atoms with van der Waals surface area (Å²) in [5.74, 6) is 0. The first-order valence-electron chi connectivity index (χ1n) is 9.79. The Hall–Kier alpha value is -3.64. The molecule has 7 heteroatoms. The zero-order chi connectivity index (χ0) is 22.3. The van der Waals surface area contributed by atoms with Gasteiger partial charge in [0.1, 0.15) is 5.69 Å². The second-order valence-corrected chi connectivity index (χ2v) is 7.66. The lowest BCUT2D eigenvalue weighted by Crippen LogP contribution is -2.08. The van der Waals surface area contributed by atoms with Crippen LogP contribution in [0, 0.1) is 0 Å². The van der Waals surface area contributed by atoms with E-state index >= 15 is 0 Å². The van der Waals surface area contributed by atoms with Crippen LogP contribution in [0.15, 0.2) is 91.0 Å². The van der Waals surface area contributed by atoms with Gasteiger partial charge in [-0.25, -0.2) is 9.67 Å². The number of alkyl halides is 3. The molecule has 0 aliphatic carbocycles. The Morgan fingerprint density at radius 1 is 0.750 bits per heavy atom. The number of halogens is 4. The highest BCUT2D eigenvalue weighted by Gasteiger charge is 2.36. The minimum atomic E-state index is -4.60. The molecule has 0 amide bonds. The summed E-state index contributed by atoms with van der Waals surface area (Å²) in [7, 11) is 0. The van der Waals surface area contributed by atoms with Crippen molar-refractivity contribution in [2.24, 2.45) is 0 Å². The molecule has 0 saturated heterocycles. The monoisotopic (exact) mass is 449 g/mol. The summed E-state index contributed by atoms with van der Waals surface area (Å²) in [6, 6.07) is 25.5. The first-order valence-corrected chi connectivity index (χ1v) is 10.2. The molecule has 5 rings (SSSR count). The third-order valence-corrected chi connectivity index (χ3v) is 5.38. The molecule has 2 aromatic heterocycles. The molecule has 158 valence electrons. The molecule has 0 unspecified atom stereocenters. The van der Waals surface area contributed by atoms with Gasteiger partial charge in [0.2, 0.25) is 0 Å². The highest BCUT2D eigenvalue weighted by molar-refractivity contribution is 6.30. The smallest absolute Gasteiger partial charge is 0.228 e. The van der Waals surface area contributed by atoms with Gasteiger partial charge in [0.05, 0.1) is 22.3 Å². The number of fused-ring (bicyclic) bond motifs is 1. The molecule has 0 saturated carbocycles. The number of aromatic nitrogens is 3. The molecule has 0 aliphatic heterocycles. The number of nitrogens with zero attached hydrogens (tertiary/aromatic N) is 3. The topological polar surface area (TPSA) is 30.7 Å². The Balaban J connectivity index is 1.89. The van der Waals surface area contributed by atoms with Crippen LogP contribution in [-0.2, 0) is 6.18 Å². The average molecular weight is 450 g/mol. The average Bonchev–Trinajstić information content (AvgIpc) is 3.19. The van der Waals surface area contributed by atoms with Crippen LogP contribution in [0.5, 0.6) is 0 Å². The fraction of sp³-hybridized carbons (Fsp3) is 0.0400. The predicted molar refractivity (Wildman–Crippen MR) is 120 cm³/mol. The first-order chi connectivity index (χ1) is 15.4. The van der Waals surface area contributed by atoms with E-state index in [1.54, 1.807) is 78.9 Å². The van der Waals surface area contributed by atoms with Crippen molar-refractivity contribution >= 4 is 22.6 Å². The van der Waals surface area contributed by atoms with Crippen molar-refractivity contribution in [2.75, 3.05) is 0 Å². The summed E-state index contributed by atoms with van der Waals surface area (Å²) in [6.07, 6.45) is -4.60. The number of benzene rings is 3. The Bertz CT molecular complexity index is 1390. The van der Waals surface area contributed by atoms with Crippen molar-refractivity contribution in [2.45, 2.75) is 6.18 Å². The van der Waals surface area contributed by atoms with Crippen LogP contribution in [0.3, 0.4) is 0 Å². The van der Waals surface area contributed by atoms with E-state index < -0.39 is 11.7 Å². The fourth-order valence-electron chi connectivity index (χ4n) is 3.66. The number of pyridine rings is 1. The van der Waals surface area contributed by atoms with Gasteiger partial charge in [-0.3, -0.25) is 0 Å². The van der Waals surface area contributed by atoms with Crippen molar-refractivity contribution in [1.29, 1.82) is 0 Å². The van der Waals surface area contributed by atoms with Crippen LogP contribution in [0.1, 0.15) is 5.56 Å². The zero-order valence-electron chi connectivity index (χ0n) is 16.5. The summed E-state index contributed by atoms with van der Waals surface area (Å²) in [4.78, 5) is 4.63. The van der Waals surface area contributed by atoms with Gasteiger partial charge in [-0.15, -0.1) is 0 Å². The Kier molecular flexibility index (Phi) is 4.94. The first kappa shape index (κ1) is 20.3. The zero-order valence-corrected chi connectivity index (χ0v) is 17.3. The summed E-state index contributed by atoms with van der Waals surface area (Å²) < 4.78 is 44.4. The van der Waals surface area contributed by atoms with Gasteiger partial charge in [-0.1, -0.05) is 72.3 Å². The molecule has 3 aromatic carbocycles. The van der Waals surface area contributed by atoms with Gasteiger partial charge in [-0.2, -0.15) is 18.3 Å². The van der Waals surface area contributed by atoms with E-state index in [-0.39, 0.29) is 22.4 Å². The van der Waals surface area contributed by atoms with Crippen LogP contribution >= 0.6 is 11.6 Å². The molecule has 2 heterocycles. The molecule has 0 radical (unpaired) electrons. The third kappa shape index (κ3) is 3.63. The molecule has 0 aliphatic rings. The fourth-order valence-corrected chi connectivity index (χ4v) is 3.78. The van der Waals surface area contributed by atoms with E-state index in [1.165, 1.54) is 4.68 Å². The molecule has 32 heavy (non-hydrogen) atoms. The standard InChI is InChI=1S/C25H15ClF3N3/c26-18-13-11-16(12-14-18)21-15-20(25(27,28)29)22-23(17-7-3-1-4-8-17)31-32(24(22)30-21)19-9-5-2-6-10-19/h1-15H. The number of para-hydroxylation sites is 1. The maximum Gasteiger partial charge on any atom is 0.417 e. The van der Waals surface area contributed by atoms with E-state index in [2.05, 4.69) is 10.1 Å². The van der Waals surface area contributed by atoms with Crippen LogP contribution in [0.25, 0.3) is 39.2 Å². The quantitative estimate of drug-likeness (QED) is 0.287. The van der Waals surface area contributed by atoms with Crippen molar-refractivity contribution < 1.29 is 13.2 Å². The summed E-state index contributed by atoms with van der Waals surface area (Å²) in [6.45, 7) is 0. The molecule has 0 fully saturated rings. The number of hydrogen-bond acceptors (Lipinski definition) is 2. The van der Waals surface area contributed by atoms with Crippen molar-refractivity contribution in [1.82, 2.24) is 14.8 Å². The molecular weight excluding hydrogens is 435 g/mol. The molecule has 0 bridgehead atoms. The number of rotatable bonds is 3. The Morgan fingerprint density at radius 3 is 2.00 bits per heavy atom. The highest BCUT2D eigenvalue weighted by Crippen LogP contribution is 2.41. The highest BCUT2D eigenvalue weighted by atomic mass is 35.5. The summed E-state index contributed by atoms with van der Waals surface area (Å²) >= 11 is 5.96. The largest absolute Gasteiger partial charge is 0.417 e. The van der Waals surface area contributed by atoms with Gasteiger partial charge in [0, 0.05) is 16.1 Å². The normalized spacial score (nSPS) is 11.8. The third-order valence-electron chi connectivity index (χ3n) is 5.13. The van der Waals surface area contributed by atoms with Crippen molar-refractivity contribution in [3.8, 4) is 28.2 Å². The van der Waals surface area contributed by atoms with Gasteiger partial charge in [-0.05, 0) is 30.3 Å². The lowest BCUT2D eigenvalue weighted by molar-refractivity contribution is -0.136. The molecule has 0 atom stereocenters. The second kappa shape index (κ2) is 7.80. The van der Waals surface area contributed by atoms with E-state index in [4.69, 9.17) is 11.6 Å². The van der Waals surface area contributed by atoms with Crippen LogP contribution < -0.4 is 0 Å². The maximum atomic E-state index is 14.3. The van der Waals surface area contributed by atoms with Crippen LogP contribution in [0.2, 0.25) is 5.02 Å². The van der Waals surface area contributed by atoms with Crippen molar-refractivity contribution in [3.63, 3.8) is 0 Å². The summed E-state index contributed by atoms with van der Waals surface area (Å²) in [5, 5.41) is 5.04. The van der Waals surface area contributed by atoms with Crippen LogP contribution in [0.4, 0.5) is 13.2 Å². The van der Waals surface area contributed by atoms with Gasteiger partial charge in [0.15, 0.2) is 5.65 Å². The lowest BCUT2D eigenvalue weighted by Gasteiger charge is -2.12. The van der Waals surface area contributed by atoms with E-state index in [9.17, 15) is 13.2 Å². The predicted octanol–water partition coefficient (Wildman–Crippen LogP) is 7.43. The van der Waals surface area contributed by atoms with Crippen molar-refractivity contribution in [3.05, 3.63) is 102 Å². The van der Waals surface area contributed by atoms with E-state index in [0.717, 1.165) is 6.07 Å². The Labute approximate surface area is 186 Å². The van der Waals surface area contributed by atoms with E-state index in [0.29, 0.717) is 21.8 Å². The lowest BCUT2D eigenvalue weighted by atomic mass is 10.0. The molecular formula is C25H15ClF3N3. The van der Waals surface area contributed by atoms with Gasteiger partial charge >= 0.3 is 6.18 Å². The second-order valence-electron chi connectivity index (χ2n) is 7.22.